The Morgan fingerprint density at radius 2 is 2.07 bits per heavy atom. The van der Waals surface area contributed by atoms with E-state index in [1.54, 1.807) is 26.8 Å². The molecule has 2 fully saturated rings. The maximum atomic E-state index is 13.9. The number of ether oxygens (including phenoxy) is 1. The van der Waals surface area contributed by atoms with Crippen LogP contribution in [0.1, 0.15) is 42.7 Å². The van der Waals surface area contributed by atoms with Crippen LogP contribution in [0.4, 0.5) is 9.18 Å². The summed E-state index contributed by atoms with van der Waals surface area (Å²) in [5.41, 5.74) is -0.380. The number of hydrogen-bond donors (Lipinski definition) is 0. The van der Waals surface area contributed by atoms with E-state index in [4.69, 9.17) is 4.74 Å². The zero-order chi connectivity index (χ0) is 22.5. The SMILES string of the molecule is Cc1c([C@H]2C[N+]3([O-])CCN(C(=O)OC(C)(C)C)C[C@H]3CS2(=O)=O)ccc(F)c1C#N. The summed E-state index contributed by atoms with van der Waals surface area (Å²) in [6, 6.07) is 3.36. The number of hydroxylamine groups is 3. The van der Waals surface area contributed by atoms with Crippen LogP contribution in [0.15, 0.2) is 12.1 Å². The zero-order valence-corrected chi connectivity index (χ0v) is 18.3. The predicted octanol–water partition coefficient (Wildman–Crippen LogP) is 2.41. The molecular weight excluding hydrogens is 413 g/mol. The summed E-state index contributed by atoms with van der Waals surface area (Å²) in [5, 5.41) is 21.6. The molecule has 0 N–H and O–H groups in total. The van der Waals surface area contributed by atoms with Crippen molar-refractivity contribution < 1.29 is 27.0 Å². The van der Waals surface area contributed by atoms with E-state index in [0.717, 1.165) is 6.07 Å². The summed E-state index contributed by atoms with van der Waals surface area (Å²) in [4.78, 5) is 13.8. The van der Waals surface area contributed by atoms with Gasteiger partial charge in [-0.1, -0.05) is 6.07 Å². The molecule has 2 aliphatic heterocycles. The fraction of sp³-hybridized carbons (Fsp3) is 0.600. The minimum atomic E-state index is -3.76. The van der Waals surface area contributed by atoms with Gasteiger partial charge >= 0.3 is 6.09 Å². The number of carbonyl (C=O) groups excluding carboxylic acids is 1. The number of hydrogen-bond acceptors (Lipinski definition) is 6. The number of quaternary nitrogens is 1. The Bertz CT molecular complexity index is 1010. The lowest BCUT2D eigenvalue weighted by molar-refractivity contribution is -0.908. The first-order valence-corrected chi connectivity index (χ1v) is 11.5. The molecule has 1 unspecified atom stereocenters. The van der Waals surface area contributed by atoms with Crippen LogP contribution in [0.5, 0.6) is 0 Å². The highest BCUT2D eigenvalue weighted by atomic mass is 32.2. The lowest BCUT2D eigenvalue weighted by atomic mass is 9.98. The maximum Gasteiger partial charge on any atom is 0.410 e. The van der Waals surface area contributed by atoms with Crippen LogP contribution in [0, 0.1) is 29.3 Å². The highest BCUT2D eigenvalue weighted by Crippen LogP contribution is 2.38. The van der Waals surface area contributed by atoms with Crippen LogP contribution in [0.3, 0.4) is 0 Å². The van der Waals surface area contributed by atoms with Gasteiger partial charge in [0, 0.05) is 0 Å². The zero-order valence-electron chi connectivity index (χ0n) is 17.5. The third-order valence-corrected chi connectivity index (χ3v) is 7.86. The van der Waals surface area contributed by atoms with Crippen molar-refractivity contribution in [1.29, 1.82) is 5.26 Å². The van der Waals surface area contributed by atoms with E-state index in [1.807, 2.05) is 0 Å². The molecule has 0 aromatic heterocycles. The molecule has 0 bridgehead atoms. The highest BCUT2D eigenvalue weighted by Gasteiger charge is 2.50. The monoisotopic (exact) mass is 439 g/mol. The van der Waals surface area contributed by atoms with Gasteiger partial charge < -0.3 is 14.6 Å². The van der Waals surface area contributed by atoms with Crippen molar-refractivity contribution in [3.63, 3.8) is 0 Å². The first-order chi connectivity index (χ1) is 13.8. The van der Waals surface area contributed by atoms with E-state index >= 15 is 0 Å². The Morgan fingerprint density at radius 1 is 1.40 bits per heavy atom. The molecule has 8 nitrogen and oxygen atoms in total. The van der Waals surface area contributed by atoms with Gasteiger partial charge in [-0.15, -0.1) is 0 Å². The normalized spacial score (nSPS) is 28.4. The molecule has 2 heterocycles. The molecule has 1 aromatic carbocycles. The van der Waals surface area contributed by atoms with Gasteiger partial charge in [0.1, 0.15) is 34.5 Å². The topological polar surface area (TPSA) is 111 Å². The summed E-state index contributed by atoms with van der Waals surface area (Å²) in [5.74, 6) is -1.11. The molecule has 3 atom stereocenters. The Labute approximate surface area is 175 Å². The van der Waals surface area contributed by atoms with Crippen LogP contribution >= 0.6 is 0 Å². The minimum absolute atomic E-state index is 0.00376. The number of halogens is 1. The number of carbonyl (C=O) groups is 1. The third kappa shape index (κ3) is 4.15. The van der Waals surface area contributed by atoms with Crippen molar-refractivity contribution in [3.05, 3.63) is 39.8 Å². The average molecular weight is 440 g/mol. The van der Waals surface area contributed by atoms with Gasteiger partial charge in [-0.05, 0) is 44.9 Å². The standard InChI is InChI=1S/C20H26FN3O5S/c1-13-15(5-6-17(21)16(13)9-22)18-11-24(26)8-7-23(19(25)29-20(2,3)4)10-14(24)12-30(18,27)28/h5-6,14,18H,7-8,10-12H2,1-4H3/t14-,18+,24?/m0/s1. The molecule has 164 valence electrons. The number of amides is 1. The summed E-state index contributed by atoms with van der Waals surface area (Å²) in [7, 11) is -3.76. The maximum absolute atomic E-state index is 13.9. The number of nitriles is 1. The van der Waals surface area contributed by atoms with Crippen molar-refractivity contribution in [3.8, 4) is 6.07 Å². The first-order valence-electron chi connectivity index (χ1n) is 9.74. The highest BCUT2D eigenvalue weighted by molar-refractivity contribution is 7.91. The van der Waals surface area contributed by atoms with Gasteiger partial charge in [0.15, 0.2) is 9.84 Å². The largest absolute Gasteiger partial charge is 0.632 e. The molecule has 1 aromatic rings. The smallest absolute Gasteiger partial charge is 0.410 e. The molecule has 0 aliphatic carbocycles. The Hall–Kier alpha value is -2.22. The molecule has 1 amide bonds. The average Bonchev–Trinajstić information content (AvgIpc) is 2.60. The van der Waals surface area contributed by atoms with Gasteiger partial charge in [-0.2, -0.15) is 5.26 Å². The van der Waals surface area contributed by atoms with Gasteiger partial charge in [0.05, 0.1) is 31.7 Å². The number of fused-ring (bicyclic) bond motifs is 1. The molecule has 2 aliphatic rings. The van der Waals surface area contributed by atoms with Gasteiger partial charge in [0.25, 0.3) is 0 Å². The molecule has 30 heavy (non-hydrogen) atoms. The second kappa shape index (κ2) is 7.48. The summed E-state index contributed by atoms with van der Waals surface area (Å²) in [6.07, 6.45) is -0.568. The van der Waals surface area contributed by atoms with E-state index in [-0.39, 0.29) is 48.6 Å². The minimum Gasteiger partial charge on any atom is -0.632 e. The molecule has 2 saturated heterocycles. The van der Waals surface area contributed by atoms with Gasteiger partial charge in [-0.25, -0.2) is 17.6 Å². The van der Waals surface area contributed by atoms with Crippen molar-refractivity contribution in [2.45, 2.75) is 44.6 Å². The molecule has 3 rings (SSSR count). The van der Waals surface area contributed by atoms with Crippen LogP contribution in [-0.4, -0.2) is 67.6 Å². The van der Waals surface area contributed by atoms with Crippen molar-refractivity contribution in [2.24, 2.45) is 0 Å². The van der Waals surface area contributed by atoms with Crippen LogP contribution in [-0.2, 0) is 14.6 Å². The second-order valence-corrected chi connectivity index (χ2v) is 11.2. The number of piperazine rings is 1. The predicted molar refractivity (Wildman–Crippen MR) is 107 cm³/mol. The fourth-order valence-corrected chi connectivity index (χ4v) is 6.41. The lowest BCUT2D eigenvalue weighted by Crippen LogP contribution is -2.69. The summed E-state index contributed by atoms with van der Waals surface area (Å²) >= 11 is 0. The number of rotatable bonds is 1. The Balaban J connectivity index is 1.88. The molecule has 0 radical (unpaired) electrons. The van der Waals surface area contributed by atoms with E-state index in [9.17, 15) is 28.1 Å². The molecule has 0 spiro atoms. The molecule has 0 saturated carbocycles. The molecule has 10 heteroatoms. The van der Waals surface area contributed by atoms with Crippen molar-refractivity contribution in [2.75, 3.05) is 31.9 Å². The lowest BCUT2D eigenvalue weighted by Gasteiger charge is -2.57. The van der Waals surface area contributed by atoms with Crippen molar-refractivity contribution >= 4 is 15.9 Å². The van der Waals surface area contributed by atoms with Gasteiger partial charge in [0.2, 0.25) is 0 Å². The first kappa shape index (κ1) is 22.5. The van der Waals surface area contributed by atoms with E-state index in [1.165, 1.54) is 17.9 Å². The number of benzene rings is 1. The summed E-state index contributed by atoms with van der Waals surface area (Å²) in [6.45, 7) is 6.67. The van der Waals surface area contributed by atoms with Crippen molar-refractivity contribution in [1.82, 2.24) is 4.90 Å². The third-order valence-electron chi connectivity index (χ3n) is 5.74. The Kier molecular flexibility index (Phi) is 5.60. The Morgan fingerprint density at radius 3 is 2.67 bits per heavy atom. The van der Waals surface area contributed by atoms with Crippen LogP contribution in [0.2, 0.25) is 0 Å². The summed E-state index contributed by atoms with van der Waals surface area (Å²) < 4.78 is 44.6. The number of sulfone groups is 1. The van der Waals surface area contributed by atoms with E-state index in [0.29, 0.717) is 0 Å². The van der Waals surface area contributed by atoms with Crippen LogP contribution < -0.4 is 0 Å². The fourth-order valence-electron chi connectivity index (χ4n) is 4.14. The van der Waals surface area contributed by atoms with E-state index in [2.05, 4.69) is 0 Å². The molecular formula is C20H26FN3O5S. The van der Waals surface area contributed by atoms with Crippen LogP contribution in [0.25, 0.3) is 0 Å². The number of nitrogens with zero attached hydrogens (tertiary/aromatic N) is 3. The van der Waals surface area contributed by atoms with E-state index < -0.39 is 43.3 Å². The quantitative estimate of drug-likeness (QED) is 0.491. The second-order valence-electron chi connectivity index (χ2n) is 9.01. The van der Waals surface area contributed by atoms with Gasteiger partial charge in [-0.3, -0.25) is 4.90 Å².